The summed E-state index contributed by atoms with van der Waals surface area (Å²) in [5.74, 6) is 1.43. The van der Waals surface area contributed by atoms with Crippen molar-refractivity contribution < 1.29 is 9.00 Å². The summed E-state index contributed by atoms with van der Waals surface area (Å²) >= 11 is 0. The number of carbonyl (C=O) groups excluding carboxylic acids is 1. The van der Waals surface area contributed by atoms with Gasteiger partial charge in [0.15, 0.2) is 0 Å². The van der Waals surface area contributed by atoms with Crippen LogP contribution in [0, 0.1) is 6.92 Å². The van der Waals surface area contributed by atoms with Crippen LogP contribution in [-0.2, 0) is 27.8 Å². The Morgan fingerprint density at radius 1 is 1.26 bits per heavy atom. The molecule has 0 bridgehead atoms. The van der Waals surface area contributed by atoms with Gasteiger partial charge in [-0.3, -0.25) is 9.00 Å². The molecule has 0 aliphatic carbocycles. The van der Waals surface area contributed by atoms with Crippen molar-refractivity contribution in [3.63, 3.8) is 0 Å². The number of nitrogens with zero attached hydrogens (tertiary/aromatic N) is 2. The van der Waals surface area contributed by atoms with Gasteiger partial charge < -0.3 is 5.32 Å². The first-order valence-corrected chi connectivity index (χ1v) is 9.09. The number of carbonyl (C=O) groups is 1. The maximum Gasteiger partial charge on any atom is 0.257 e. The van der Waals surface area contributed by atoms with Crippen molar-refractivity contribution in [2.45, 2.75) is 44.7 Å². The predicted octanol–water partition coefficient (Wildman–Crippen LogP) is 2.96. The molecule has 23 heavy (non-hydrogen) atoms. The molecule has 3 rings (SSSR count). The van der Waals surface area contributed by atoms with E-state index in [4.69, 9.17) is 0 Å². The van der Waals surface area contributed by atoms with Crippen LogP contribution in [0.1, 0.15) is 48.0 Å². The molecule has 0 fully saturated rings. The van der Waals surface area contributed by atoms with E-state index in [0.29, 0.717) is 22.9 Å². The molecule has 1 aliphatic heterocycles. The number of benzene rings is 1. The van der Waals surface area contributed by atoms with Crippen LogP contribution in [0.3, 0.4) is 0 Å². The topological polar surface area (TPSA) is 64.0 Å². The lowest BCUT2D eigenvalue weighted by atomic mass is 10.1. The standard InChI is InChI=1S/C17H21N3O2S/c1-11-7-5-6-8-12(11)16(21)18-15-13-9-23(22)10-14(13)19-20(15)17(2,3)4/h5-8H,9-10H2,1-4H3,(H,18,21)/t23-/m1/s1. The van der Waals surface area contributed by atoms with Gasteiger partial charge >= 0.3 is 0 Å². The van der Waals surface area contributed by atoms with E-state index in [9.17, 15) is 9.00 Å². The van der Waals surface area contributed by atoms with Crippen LogP contribution in [0.5, 0.6) is 0 Å². The van der Waals surface area contributed by atoms with Crippen molar-refractivity contribution in [3.8, 4) is 0 Å². The van der Waals surface area contributed by atoms with Gasteiger partial charge in [-0.25, -0.2) is 4.68 Å². The van der Waals surface area contributed by atoms with Crippen molar-refractivity contribution >= 4 is 22.5 Å². The second-order valence-electron chi connectivity index (χ2n) is 6.85. The molecular weight excluding hydrogens is 310 g/mol. The molecule has 0 saturated heterocycles. The highest BCUT2D eigenvalue weighted by atomic mass is 32.2. The Labute approximate surface area is 138 Å². The van der Waals surface area contributed by atoms with Crippen molar-refractivity contribution in [2.24, 2.45) is 0 Å². The van der Waals surface area contributed by atoms with Gasteiger partial charge in [-0.05, 0) is 39.3 Å². The van der Waals surface area contributed by atoms with E-state index in [-0.39, 0.29) is 11.4 Å². The fraction of sp³-hybridized carbons (Fsp3) is 0.412. The highest BCUT2D eigenvalue weighted by Gasteiger charge is 2.31. The average molecular weight is 331 g/mol. The number of aromatic nitrogens is 2. The molecule has 1 aromatic heterocycles. The molecule has 1 aliphatic rings. The monoisotopic (exact) mass is 331 g/mol. The number of hydrogen-bond acceptors (Lipinski definition) is 3. The molecule has 0 spiro atoms. The fourth-order valence-corrected chi connectivity index (χ4v) is 4.01. The van der Waals surface area contributed by atoms with E-state index in [1.54, 1.807) is 6.07 Å². The van der Waals surface area contributed by atoms with Gasteiger partial charge in [-0.1, -0.05) is 18.2 Å². The molecule has 1 amide bonds. The average Bonchev–Trinajstić information content (AvgIpc) is 2.96. The van der Waals surface area contributed by atoms with Crippen molar-refractivity contribution in [1.82, 2.24) is 9.78 Å². The Bertz CT molecular complexity index is 803. The van der Waals surface area contributed by atoms with Crippen LogP contribution in [0.4, 0.5) is 5.82 Å². The van der Waals surface area contributed by atoms with Gasteiger partial charge in [-0.2, -0.15) is 5.10 Å². The van der Waals surface area contributed by atoms with Crippen molar-refractivity contribution in [2.75, 3.05) is 5.32 Å². The lowest BCUT2D eigenvalue weighted by molar-refractivity contribution is 0.102. The quantitative estimate of drug-likeness (QED) is 0.920. The summed E-state index contributed by atoms with van der Waals surface area (Å²) in [5, 5.41) is 7.59. The van der Waals surface area contributed by atoms with Gasteiger partial charge in [0.1, 0.15) is 5.82 Å². The number of rotatable bonds is 2. The third-order valence-corrected chi connectivity index (χ3v) is 5.13. The maximum absolute atomic E-state index is 12.7. The van der Waals surface area contributed by atoms with Gasteiger partial charge in [0.05, 0.1) is 22.7 Å². The van der Waals surface area contributed by atoms with Crippen LogP contribution >= 0.6 is 0 Å². The van der Waals surface area contributed by atoms with Gasteiger partial charge in [0.25, 0.3) is 5.91 Å². The van der Waals surface area contributed by atoms with Crippen LogP contribution in [-0.4, -0.2) is 19.9 Å². The summed E-state index contributed by atoms with van der Waals surface area (Å²) in [6, 6.07) is 7.48. The molecule has 1 atom stereocenters. The van der Waals surface area contributed by atoms with E-state index >= 15 is 0 Å². The first kappa shape index (κ1) is 15.9. The highest BCUT2D eigenvalue weighted by molar-refractivity contribution is 7.83. The van der Waals surface area contributed by atoms with Crippen LogP contribution < -0.4 is 5.32 Å². The Kier molecular flexibility index (Phi) is 3.88. The lowest BCUT2D eigenvalue weighted by Crippen LogP contribution is -2.27. The minimum atomic E-state index is -0.924. The minimum Gasteiger partial charge on any atom is -0.306 e. The number of aryl methyl sites for hydroxylation is 1. The van der Waals surface area contributed by atoms with E-state index in [0.717, 1.165) is 16.8 Å². The number of fused-ring (bicyclic) bond motifs is 1. The van der Waals surface area contributed by atoms with Crippen LogP contribution in [0.2, 0.25) is 0 Å². The zero-order chi connectivity index (χ0) is 16.8. The number of amides is 1. The Hall–Kier alpha value is -1.95. The second kappa shape index (κ2) is 5.60. The molecule has 0 saturated carbocycles. The van der Waals surface area contributed by atoms with E-state index in [2.05, 4.69) is 10.4 Å². The normalized spacial score (nSPS) is 17.1. The fourth-order valence-electron chi connectivity index (χ4n) is 2.74. The summed E-state index contributed by atoms with van der Waals surface area (Å²) in [6.07, 6.45) is 0. The largest absolute Gasteiger partial charge is 0.306 e. The van der Waals surface area contributed by atoms with E-state index in [1.165, 1.54) is 0 Å². The summed E-state index contributed by atoms with van der Waals surface area (Å²) < 4.78 is 13.7. The van der Waals surface area contributed by atoms with Gasteiger partial charge in [0, 0.05) is 21.9 Å². The predicted molar refractivity (Wildman–Crippen MR) is 91.9 cm³/mol. The Morgan fingerprint density at radius 3 is 2.61 bits per heavy atom. The minimum absolute atomic E-state index is 0.158. The molecular formula is C17H21N3O2S. The molecule has 0 unspecified atom stereocenters. The Balaban J connectivity index is 2.01. The molecule has 1 aromatic carbocycles. The molecule has 0 radical (unpaired) electrons. The number of anilines is 1. The zero-order valence-corrected chi connectivity index (χ0v) is 14.7. The van der Waals surface area contributed by atoms with Crippen LogP contribution in [0.25, 0.3) is 0 Å². The molecule has 2 aromatic rings. The third-order valence-electron chi connectivity index (χ3n) is 3.93. The molecule has 5 nitrogen and oxygen atoms in total. The van der Waals surface area contributed by atoms with Crippen LogP contribution in [0.15, 0.2) is 24.3 Å². The maximum atomic E-state index is 12.7. The number of nitrogens with one attached hydrogen (secondary N) is 1. The van der Waals surface area contributed by atoms with Crippen molar-refractivity contribution in [3.05, 3.63) is 46.6 Å². The third kappa shape index (κ3) is 2.95. The highest BCUT2D eigenvalue weighted by Crippen LogP contribution is 2.33. The second-order valence-corrected chi connectivity index (χ2v) is 8.31. The Morgan fingerprint density at radius 2 is 1.96 bits per heavy atom. The summed E-state index contributed by atoms with van der Waals surface area (Å²) in [5.41, 5.74) is 3.03. The summed E-state index contributed by atoms with van der Waals surface area (Å²) in [7, 11) is -0.924. The molecule has 1 N–H and O–H groups in total. The molecule has 122 valence electrons. The van der Waals surface area contributed by atoms with Gasteiger partial charge in [-0.15, -0.1) is 0 Å². The van der Waals surface area contributed by atoms with Crippen molar-refractivity contribution in [1.29, 1.82) is 0 Å². The molecule has 2 heterocycles. The lowest BCUT2D eigenvalue weighted by Gasteiger charge is -2.23. The smallest absolute Gasteiger partial charge is 0.257 e. The van der Waals surface area contributed by atoms with Gasteiger partial charge in [0.2, 0.25) is 0 Å². The number of hydrogen-bond donors (Lipinski definition) is 1. The molecule has 6 heteroatoms. The SMILES string of the molecule is Cc1ccccc1C(=O)Nc1c2c(nn1C(C)(C)C)C[S@](=O)C2. The van der Waals surface area contributed by atoms with E-state index < -0.39 is 10.8 Å². The summed E-state index contributed by atoms with van der Waals surface area (Å²) in [4.78, 5) is 12.7. The zero-order valence-electron chi connectivity index (χ0n) is 13.8. The van der Waals surface area contributed by atoms with E-state index in [1.807, 2.05) is 50.6 Å². The summed E-state index contributed by atoms with van der Waals surface area (Å²) in [6.45, 7) is 8.02. The first-order chi connectivity index (χ1) is 10.8. The first-order valence-electron chi connectivity index (χ1n) is 7.60.